The maximum Gasteiger partial charge on any atom is 0.433 e. The number of thiophene rings is 1. The van der Waals surface area contributed by atoms with Crippen LogP contribution in [0.15, 0.2) is 78.2 Å². The standard InChI is InChI=1S/C24H13F3N4S2/c25-24(26,27)19-13-15(17-11-6-12-32-17)20-21(14-7-2-1-3-8-14)30-31(22(20)29-19)23-28-16-9-4-5-10-18(16)33-23/h1-13H. The molecule has 0 bridgehead atoms. The molecule has 4 nitrogen and oxygen atoms in total. The second-order valence-corrected chi connectivity index (χ2v) is 9.28. The van der Waals surface area contributed by atoms with E-state index in [4.69, 9.17) is 5.10 Å². The van der Waals surface area contributed by atoms with Crippen LogP contribution in [0.2, 0.25) is 0 Å². The number of nitrogens with zero attached hydrogens (tertiary/aromatic N) is 4. The highest BCUT2D eigenvalue weighted by molar-refractivity contribution is 7.20. The van der Waals surface area contributed by atoms with E-state index >= 15 is 0 Å². The molecule has 162 valence electrons. The van der Waals surface area contributed by atoms with Gasteiger partial charge in [-0.25, -0.2) is 9.97 Å². The minimum absolute atomic E-state index is 0.131. The van der Waals surface area contributed by atoms with Crippen LogP contribution in [-0.2, 0) is 6.18 Å². The molecule has 0 saturated heterocycles. The monoisotopic (exact) mass is 478 g/mol. The molecule has 0 amide bonds. The van der Waals surface area contributed by atoms with Crippen molar-refractivity contribution in [1.29, 1.82) is 0 Å². The molecular formula is C24H13F3N4S2. The van der Waals surface area contributed by atoms with E-state index in [2.05, 4.69) is 9.97 Å². The van der Waals surface area contributed by atoms with Crippen LogP contribution in [0, 0.1) is 0 Å². The molecule has 0 atom stereocenters. The number of hydrogen-bond donors (Lipinski definition) is 0. The van der Waals surface area contributed by atoms with Crippen LogP contribution < -0.4 is 0 Å². The largest absolute Gasteiger partial charge is 0.433 e. The maximum absolute atomic E-state index is 13.9. The highest BCUT2D eigenvalue weighted by atomic mass is 32.1. The van der Waals surface area contributed by atoms with Gasteiger partial charge in [-0.05, 0) is 29.6 Å². The highest BCUT2D eigenvalue weighted by Gasteiger charge is 2.35. The van der Waals surface area contributed by atoms with Gasteiger partial charge in [-0.2, -0.15) is 23.0 Å². The smallest absolute Gasteiger partial charge is 0.223 e. The molecule has 0 aliphatic heterocycles. The Labute approximate surface area is 193 Å². The van der Waals surface area contributed by atoms with E-state index in [0.717, 1.165) is 21.8 Å². The van der Waals surface area contributed by atoms with Crippen LogP contribution >= 0.6 is 22.7 Å². The first-order valence-electron chi connectivity index (χ1n) is 9.95. The third-order valence-corrected chi connectivity index (χ3v) is 7.14. The van der Waals surface area contributed by atoms with Gasteiger partial charge in [0.05, 0.1) is 15.6 Å². The minimum Gasteiger partial charge on any atom is -0.223 e. The number of benzene rings is 2. The van der Waals surface area contributed by atoms with Gasteiger partial charge in [0.25, 0.3) is 0 Å². The van der Waals surface area contributed by atoms with Gasteiger partial charge < -0.3 is 0 Å². The lowest BCUT2D eigenvalue weighted by Gasteiger charge is -2.10. The summed E-state index contributed by atoms with van der Waals surface area (Å²) < 4.78 is 44.0. The summed E-state index contributed by atoms with van der Waals surface area (Å²) in [5.41, 5.74) is 1.74. The SMILES string of the molecule is FC(F)(F)c1cc(-c2cccs2)c2c(-c3ccccc3)nn(-c3nc4ccccc4s3)c2n1. The molecule has 6 rings (SSSR count). The molecule has 4 heterocycles. The number of aromatic nitrogens is 4. The van der Waals surface area contributed by atoms with Crippen molar-refractivity contribution in [2.75, 3.05) is 0 Å². The lowest BCUT2D eigenvalue weighted by Crippen LogP contribution is -2.09. The average Bonchev–Trinajstić information content (AvgIpc) is 3.56. The number of fused-ring (bicyclic) bond motifs is 2. The van der Waals surface area contributed by atoms with Crippen molar-refractivity contribution in [2.24, 2.45) is 0 Å². The van der Waals surface area contributed by atoms with E-state index in [1.807, 2.05) is 72.1 Å². The second kappa shape index (κ2) is 7.50. The Morgan fingerprint density at radius 2 is 1.64 bits per heavy atom. The van der Waals surface area contributed by atoms with E-state index in [0.29, 0.717) is 26.7 Å². The third kappa shape index (κ3) is 3.40. The summed E-state index contributed by atoms with van der Waals surface area (Å²) in [5, 5.41) is 7.63. The van der Waals surface area contributed by atoms with Crippen LogP contribution in [0.3, 0.4) is 0 Å². The fourth-order valence-corrected chi connectivity index (χ4v) is 5.44. The van der Waals surface area contributed by atoms with Crippen LogP contribution in [-0.4, -0.2) is 19.7 Å². The summed E-state index contributed by atoms with van der Waals surface area (Å²) in [6.07, 6.45) is -4.60. The Balaban J connectivity index is 1.75. The van der Waals surface area contributed by atoms with Crippen molar-refractivity contribution in [1.82, 2.24) is 19.7 Å². The van der Waals surface area contributed by atoms with Gasteiger partial charge in [-0.3, -0.25) is 0 Å². The van der Waals surface area contributed by atoms with Crippen LogP contribution in [0.5, 0.6) is 0 Å². The number of hydrogen-bond acceptors (Lipinski definition) is 5. The molecule has 0 spiro atoms. The van der Waals surface area contributed by atoms with Crippen molar-refractivity contribution in [3.63, 3.8) is 0 Å². The number of para-hydroxylation sites is 1. The van der Waals surface area contributed by atoms with Crippen molar-refractivity contribution in [3.8, 4) is 26.8 Å². The van der Waals surface area contributed by atoms with Crippen molar-refractivity contribution in [3.05, 3.63) is 83.9 Å². The number of alkyl halides is 3. The fourth-order valence-electron chi connectivity index (χ4n) is 3.77. The van der Waals surface area contributed by atoms with Crippen molar-refractivity contribution < 1.29 is 13.2 Å². The summed E-state index contributed by atoms with van der Waals surface area (Å²) in [6, 6.07) is 21.7. The van der Waals surface area contributed by atoms with Crippen molar-refractivity contribution in [2.45, 2.75) is 6.18 Å². The summed E-state index contributed by atoms with van der Waals surface area (Å²) in [7, 11) is 0. The molecule has 2 aromatic carbocycles. The quantitative estimate of drug-likeness (QED) is 0.265. The molecule has 0 N–H and O–H groups in total. The van der Waals surface area contributed by atoms with Crippen LogP contribution in [0.4, 0.5) is 13.2 Å². The Morgan fingerprint density at radius 3 is 2.36 bits per heavy atom. The first kappa shape index (κ1) is 20.1. The number of thiazole rings is 1. The summed E-state index contributed by atoms with van der Waals surface area (Å²) in [5.74, 6) is 0. The Bertz CT molecular complexity index is 1570. The average molecular weight is 479 g/mol. The second-order valence-electron chi connectivity index (χ2n) is 7.32. The molecule has 0 aliphatic carbocycles. The lowest BCUT2D eigenvalue weighted by molar-refractivity contribution is -0.140. The van der Waals surface area contributed by atoms with Gasteiger partial charge in [0, 0.05) is 16.0 Å². The van der Waals surface area contributed by atoms with E-state index in [1.165, 1.54) is 27.4 Å². The predicted octanol–water partition coefficient (Wildman–Crippen LogP) is 7.44. The van der Waals surface area contributed by atoms with E-state index < -0.39 is 11.9 Å². The first-order chi connectivity index (χ1) is 16.0. The first-order valence-corrected chi connectivity index (χ1v) is 11.6. The molecule has 0 unspecified atom stereocenters. The third-order valence-electron chi connectivity index (χ3n) is 5.23. The topological polar surface area (TPSA) is 43.6 Å². The zero-order valence-corrected chi connectivity index (χ0v) is 18.4. The normalized spacial score (nSPS) is 12.1. The Hall–Kier alpha value is -3.56. The van der Waals surface area contributed by atoms with Gasteiger partial charge in [-0.15, -0.1) is 11.3 Å². The zero-order valence-electron chi connectivity index (χ0n) is 16.7. The summed E-state index contributed by atoms with van der Waals surface area (Å²) >= 11 is 2.74. The maximum atomic E-state index is 13.9. The van der Waals surface area contributed by atoms with E-state index in [-0.39, 0.29) is 5.65 Å². The van der Waals surface area contributed by atoms with Gasteiger partial charge in [0.15, 0.2) is 5.65 Å². The lowest BCUT2D eigenvalue weighted by atomic mass is 10.0. The number of halogens is 3. The predicted molar refractivity (Wildman–Crippen MR) is 126 cm³/mol. The number of pyridine rings is 1. The minimum atomic E-state index is -4.60. The molecule has 33 heavy (non-hydrogen) atoms. The summed E-state index contributed by atoms with van der Waals surface area (Å²) in [4.78, 5) is 9.40. The molecule has 4 aromatic heterocycles. The zero-order chi connectivity index (χ0) is 22.6. The van der Waals surface area contributed by atoms with Crippen LogP contribution in [0.25, 0.3) is 48.1 Å². The Morgan fingerprint density at radius 1 is 0.848 bits per heavy atom. The molecule has 6 aromatic rings. The molecular weight excluding hydrogens is 465 g/mol. The highest BCUT2D eigenvalue weighted by Crippen LogP contribution is 2.42. The molecule has 0 aliphatic rings. The van der Waals surface area contributed by atoms with Crippen LogP contribution in [0.1, 0.15) is 5.69 Å². The van der Waals surface area contributed by atoms with Gasteiger partial charge >= 0.3 is 6.18 Å². The van der Waals surface area contributed by atoms with Crippen molar-refractivity contribution >= 4 is 43.9 Å². The van der Waals surface area contributed by atoms with Gasteiger partial charge in [0.2, 0.25) is 5.13 Å². The molecule has 0 radical (unpaired) electrons. The molecule has 0 fully saturated rings. The van der Waals surface area contributed by atoms with Gasteiger partial charge in [-0.1, -0.05) is 59.9 Å². The fraction of sp³-hybridized carbons (Fsp3) is 0.0417. The molecule has 9 heteroatoms. The van der Waals surface area contributed by atoms with E-state index in [9.17, 15) is 13.2 Å². The Kier molecular flexibility index (Phi) is 4.56. The molecule has 0 saturated carbocycles. The summed E-state index contributed by atoms with van der Waals surface area (Å²) in [6.45, 7) is 0. The van der Waals surface area contributed by atoms with Gasteiger partial charge in [0.1, 0.15) is 11.4 Å². The van der Waals surface area contributed by atoms with E-state index in [1.54, 1.807) is 0 Å². The number of rotatable bonds is 3.